The largest absolute Gasteiger partial charge is 0.325 e. The van der Waals surface area contributed by atoms with Crippen molar-refractivity contribution in [2.45, 2.75) is 29.9 Å². The van der Waals surface area contributed by atoms with E-state index in [1.807, 2.05) is 36.4 Å². The molecule has 5 nitrogen and oxygen atoms in total. The van der Waals surface area contributed by atoms with Crippen molar-refractivity contribution in [3.05, 3.63) is 99.8 Å². The quantitative estimate of drug-likeness (QED) is 0.336. The van der Waals surface area contributed by atoms with Crippen LogP contribution in [0.5, 0.6) is 0 Å². The maximum absolute atomic E-state index is 12.6. The van der Waals surface area contributed by atoms with Crippen LogP contribution >= 0.6 is 35.0 Å². The molecule has 1 N–H and O–H groups in total. The first-order valence-electron chi connectivity index (χ1n) is 9.93. The van der Waals surface area contributed by atoms with Gasteiger partial charge in [-0.25, -0.2) is 4.68 Å². The number of benzene rings is 3. The molecule has 0 spiro atoms. The lowest BCUT2D eigenvalue weighted by molar-refractivity contribution is -0.115. The average molecular weight is 483 g/mol. The van der Waals surface area contributed by atoms with Crippen LogP contribution in [0, 0.1) is 6.92 Å². The number of amides is 1. The van der Waals surface area contributed by atoms with Crippen LogP contribution in [0.3, 0.4) is 0 Å². The van der Waals surface area contributed by atoms with E-state index in [0.29, 0.717) is 22.4 Å². The predicted octanol–water partition coefficient (Wildman–Crippen LogP) is 6.27. The smallest absolute Gasteiger partial charge is 0.243 e. The fourth-order valence-electron chi connectivity index (χ4n) is 3.09. The third kappa shape index (κ3) is 5.91. The lowest BCUT2D eigenvalue weighted by Gasteiger charge is -2.11. The highest BCUT2D eigenvalue weighted by atomic mass is 35.5. The lowest BCUT2D eigenvalue weighted by Crippen LogP contribution is -2.15. The molecule has 162 valence electrons. The van der Waals surface area contributed by atoms with Crippen molar-refractivity contribution in [1.29, 1.82) is 0 Å². The fourth-order valence-corrected chi connectivity index (χ4v) is 4.35. The van der Waals surface area contributed by atoms with Crippen molar-refractivity contribution in [3.63, 3.8) is 0 Å². The van der Waals surface area contributed by atoms with Gasteiger partial charge in [-0.15, -0.1) is 5.10 Å². The second-order valence-corrected chi connectivity index (χ2v) is 9.04. The molecule has 0 saturated carbocycles. The number of hydrogen-bond acceptors (Lipinski definition) is 4. The summed E-state index contributed by atoms with van der Waals surface area (Å²) in [5.74, 6) is -0.112. The molecule has 4 rings (SSSR count). The number of para-hydroxylation sites is 1. The maximum Gasteiger partial charge on any atom is 0.243 e. The first kappa shape index (κ1) is 22.4. The van der Waals surface area contributed by atoms with Crippen molar-refractivity contribution >= 4 is 46.6 Å². The Bertz CT molecular complexity index is 1220. The highest BCUT2D eigenvalue weighted by Crippen LogP contribution is 2.33. The SMILES string of the molecule is Cc1ccc(Cn2nc(Cl)nc2Sc2ccccc2NC(=O)Cc2ccc(Cl)cc2)cc1. The van der Waals surface area contributed by atoms with Gasteiger partial charge in [0.1, 0.15) is 0 Å². The molecule has 0 aliphatic heterocycles. The van der Waals surface area contributed by atoms with Crippen molar-refractivity contribution in [2.24, 2.45) is 0 Å². The zero-order valence-corrected chi connectivity index (χ0v) is 19.6. The van der Waals surface area contributed by atoms with Crippen LogP contribution in [-0.2, 0) is 17.8 Å². The zero-order valence-electron chi connectivity index (χ0n) is 17.3. The fraction of sp³-hybridized carbons (Fsp3) is 0.125. The number of halogens is 2. The van der Waals surface area contributed by atoms with Gasteiger partial charge in [0.2, 0.25) is 11.2 Å². The minimum atomic E-state index is -0.112. The first-order chi connectivity index (χ1) is 15.5. The topological polar surface area (TPSA) is 59.8 Å². The summed E-state index contributed by atoms with van der Waals surface area (Å²) in [6.45, 7) is 2.60. The van der Waals surface area contributed by atoms with Gasteiger partial charge in [-0.1, -0.05) is 65.7 Å². The molecule has 0 bridgehead atoms. The van der Waals surface area contributed by atoms with Crippen LogP contribution in [0.25, 0.3) is 0 Å². The Morgan fingerprint density at radius 1 is 0.969 bits per heavy atom. The number of rotatable bonds is 7. The number of nitrogens with one attached hydrogen (secondary N) is 1. The Balaban J connectivity index is 1.50. The number of carbonyl (C=O) groups excluding carboxylic acids is 1. The summed E-state index contributed by atoms with van der Waals surface area (Å²) < 4.78 is 1.77. The van der Waals surface area contributed by atoms with Crippen LogP contribution in [0.15, 0.2) is 82.8 Å². The Kier molecular flexibility index (Phi) is 7.15. The van der Waals surface area contributed by atoms with E-state index in [4.69, 9.17) is 23.2 Å². The van der Waals surface area contributed by atoms with Crippen molar-refractivity contribution in [1.82, 2.24) is 14.8 Å². The van der Waals surface area contributed by atoms with Crippen LogP contribution in [0.1, 0.15) is 16.7 Å². The third-order valence-corrected chi connectivity index (χ3v) is 6.18. The molecular weight excluding hydrogens is 463 g/mol. The van der Waals surface area contributed by atoms with Gasteiger partial charge in [-0.3, -0.25) is 4.79 Å². The number of hydrogen-bond donors (Lipinski definition) is 1. The predicted molar refractivity (Wildman–Crippen MR) is 130 cm³/mol. The highest BCUT2D eigenvalue weighted by molar-refractivity contribution is 7.99. The number of nitrogens with zero attached hydrogens (tertiary/aromatic N) is 3. The molecule has 1 heterocycles. The molecule has 8 heteroatoms. The molecule has 0 aliphatic carbocycles. The number of carbonyl (C=O) groups is 1. The van der Waals surface area contributed by atoms with E-state index in [1.165, 1.54) is 17.3 Å². The molecule has 4 aromatic rings. The summed E-state index contributed by atoms with van der Waals surface area (Å²) in [6, 6.07) is 23.1. The van der Waals surface area contributed by atoms with Crippen molar-refractivity contribution < 1.29 is 4.79 Å². The summed E-state index contributed by atoms with van der Waals surface area (Å²) in [4.78, 5) is 17.8. The molecular formula is C24H20Cl2N4OS. The minimum Gasteiger partial charge on any atom is -0.325 e. The van der Waals surface area contributed by atoms with E-state index in [9.17, 15) is 4.79 Å². The Morgan fingerprint density at radius 2 is 1.66 bits per heavy atom. The molecule has 0 radical (unpaired) electrons. The van der Waals surface area contributed by atoms with Gasteiger partial charge in [0, 0.05) is 9.92 Å². The van der Waals surface area contributed by atoms with Gasteiger partial charge in [0.25, 0.3) is 0 Å². The molecule has 0 atom stereocenters. The molecule has 0 aliphatic rings. The second kappa shape index (κ2) is 10.2. The van der Waals surface area contributed by atoms with Crippen LogP contribution in [-0.4, -0.2) is 20.7 Å². The Labute approximate surface area is 200 Å². The summed E-state index contributed by atoms with van der Waals surface area (Å²) in [5, 5.41) is 8.80. The van der Waals surface area contributed by atoms with E-state index in [1.54, 1.807) is 16.8 Å². The minimum absolute atomic E-state index is 0.112. The summed E-state index contributed by atoms with van der Waals surface area (Å²) >= 11 is 13.4. The van der Waals surface area contributed by atoms with E-state index < -0.39 is 0 Å². The molecule has 3 aromatic carbocycles. The summed E-state index contributed by atoms with van der Waals surface area (Å²) in [7, 11) is 0. The standard InChI is InChI=1S/C24H20Cl2N4OS/c1-16-6-8-18(9-7-16)15-30-24(28-23(26)29-30)32-21-5-3-2-4-20(21)27-22(31)14-17-10-12-19(25)13-11-17/h2-13H,14-15H2,1H3,(H,27,31). The molecule has 0 unspecified atom stereocenters. The molecule has 1 amide bonds. The molecule has 32 heavy (non-hydrogen) atoms. The van der Waals surface area contributed by atoms with E-state index in [2.05, 4.69) is 46.6 Å². The number of aryl methyl sites for hydroxylation is 1. The maximum atomic E-state index is 12.6. The average Bonchev–Trinajstić information content (AvgIpc) is 3.11. The van der Waals surface area contributed by atoms with Crippen LogP contribution in [0.2, 0.25) is 10.3 Å². The normalized spacial score (nSPS) is 10.8. The van der Waals surface area contributed by atoms with Crippen LogP contribution < -0.4 is 5.32 Å². The summed E-state index contributed by atoms with van der Waals surface area (Å²) in [5.41, 5.74) is 3.89. The third-order valence-electron chi connectivity index (χ3n) is 4.71. The molecule has 1 aromatic heterocycles. The summed E-state index contributed by atoms with van der Waals surface area (Å²) in [6.07, 6.45) is 0.256. The van der Waals surface area contributed by atoms with Crippen molar-refractivity contribution in [3.8, 4) is 0 Å². The zero-order chi connectivity index (χ0) is 22.5. The first-order valence-corrected chi connectivity index (χ1v) is 11.5. The van der Waals surface area contributed by atoms with Gasteiger partial charge in [-0.05, 0) is 65.7 Å². The monoisotopic (exact) mass is 482 g/mol. The lowest BCUT2D eigenvalue weighted by atomic mass is 10.1. The van der Waals surface area contributed by atoms with Gasteiger partial charge in [0.05, 0.1) is 18.7 Å². The van der Waals surface area contributed by atoms with Gasteiger partial charge < -0.3 is 5.32 Å². The number of anilines is 1. The van der Waals surface area contributed by atoms with E-state index in [-0.39, 0.29) is 17.6 Å². The molecule has 0 fully saturated rings. The Morgan fingerprint density at radius 3 is 2.41 bits per heavy atom. The van der Waals surface area contributed by atoms with Crippen molar-refractivity contribution in [2.75, 3.05) is 5.32 Å². The van der Waals surface area contributed by atoms with Gasteiger partial charge in [-0.2, -0.15) is 4.98 Å². The Hall–Kier alpha value is -2.80. The second-order valence-electron chi connectivity index (χ2n) is 7.26. The van der Waals surface area contributed by atoms with Gasteiger partial charge in [0.15, 0.2) is 5.16 Å². The van der Waals surface area contributed by atoms with Gasteiger partial charge >= 0.3 is 0 Å². The highest BCUT2D eigenvalue weighted by Gasteiger charge is 2.14. The van der Waals surface area contributed by atoms with E-state index >= 15 is 0 Å². The molecule has 0 saturated heterocycles. The number of aromatic nitrogens is 3. The van der Waals surface area contributed by atoms with Crippen LogP contribution in [0.4, 0.5) is 5.69 Å². The van der Waals surface area contributed by atoms with E-state index in [0.717, 1.165) is 16.0 Å².